The van der Waals surface area contributed by atoms with Crippen LogP contribution >= 0.6 is 0 Å². The number of nitrogens with zero attached hydrogens (tertiary/aromatic N) is 1. The molecule has 1 aromatic heterocycles. The summed E-state index contributed by atoms with van der Waals surface area (Å²) in [6.45, 7) is 0.461. The molecule has 0 aliphatic rings. The molecule has 0 fully saturated rings. The van der Waals surface area contributed by atoms with Gasteiger partial charge in [0.25, 0.3) is 6.01 Å². The van der Waals surface area contributed by atoms with Crippen molar-refractivity contribution in [1.82, 2.24) is 4.98 Å². The van der Waals surface area contributed by atoms with Gasteiger partial charge in [-0.2, -0.15) is 4.98 Å². The second-order valence-electron chi connectivity index (χ2n) is 2.70. The van der Waals surface area contributed by atoms with E-state index in [-0.39, 0.29) is 6.01 Å². The molecule has 13 heavy (non-hydrogen) atoms. The average molecular weight is 180 g/mol. The highest BCUT2D eigenvalue weighted by Crippen LogP contribution is 2.18. The zero-order valence-corrected chi connectivity index (χ0v) is 6.99. The molecule has 1 aromatic carbocycles. The smallest absolute Gasteiger partial charge is 0.292 e. The molecule has 0 unspecified atom stereocenters. The lowest BCUT2D eigenvalue weighted by atomic mass is 10.2. The van der Waals surface area contributed by atoms with Gasteiger partial charge in [-0.05, 0) is 17.7 Å². The number of oxazole rings is 1. The Morgan fingerprint density at radius 2 is 2.38 bits per heavy atom. The highest BCUT2D eigenvalue weighted by Gasteiger charge is 2.03. The number of fused-ring (bicyclic) bond motifs is 1. The first-order chi connectivity index (χ1) is 6.29. The molecule has 0 aliphatic carbocycles. The fourth-order valence-electron chi connectivity index (χ4n) is 1.20. The van der Waals surface area contributed by atoms with Gasteiger partial charge in [-0.25, -0.2) is 10.7 Å². The van der Waals surface area contributed by atoms with Gasteiger partial charge < -0.3 is 10.2 Å². The molecule has 5 heteroatoms. The van der Waals surface area contributed by atoms with Crippen LogP contribution in [0.3, 0.4) is 0 Å². The van der Waals surface area contributed by atoms with E-state index in [0.29, 0.717) is 12.2 Å². The molecule has 0 aliphatic heterocycles. The van der Waals surface area contributed by atoms with Gasteiger partial charge >= 0.3 is 0 Å². The van der Waals surface area contributed by atoms with Crippen LogP contribution in [0.4, 0.5) is 6.01 Å². The van der Waals surface area contributed by atoms with E-state index in [2.05, 4.69) is 10.9 Å². The number of benzene rings is 1. The number of hydrogen-bond donors (Lipinski definition) is 2. The van der Waals surface area contributed by atoms with E-state index in [1.807, 2.05) is 18.2 Å². The van der Waals surface area contributed by atoms with Crippen LogP contribution in [0.2, 0.25) is 0 Å². The summed E-state index contributed by atoms with van der Waals surface area (Å²) in [5, 5.41) is 0. The zero-order valence-electron chi connectivity index (χ0n) is 6.99. The quantitative estimate of drug-likeness (QED) is 0.640. The monoisotopic (exact) mass is 180 g/mol. The Hall–Kier alpha value is -1.59. The molecule has 0 amide bonds. The van der Waals surface area contributed by atoms with Crippen molar-refractivity contribution in [3.05, 3.63) is 23.8 Å². The topological polar surface area (TPSA) is 88.9 Å². The van der Waals surface area contributed by atoms with Crippen molar-refractivity contribution in [2.45, 2.75) is 6.61 Å². The lowest BCUT2D eigenvalue weighted by Gasteiger charge is -1.94. The molecule has 2 rings (SSSR count). The minimum absolute atomic E-state index is 0.183. The second kappa shape index (κ2) is 3.04. The molecule has 0 radical (unpaired) electrons. The van der Waals surface area contributed by atoms with Crippen molar-refractivity contribution < 1.29 is 15.2 Å². The third kappa shape index (κ3) is 1.47. The van der Waals surface area contributed by atoms with E-state index in [1.165, 1.54) is 0 Å². The highest BCUT2D eigenvalue weighted by atomic mass is 16.6. The predicted molar refractivity (Wildman–Crippen MR) is 46.1 cm³/mol. The van der Waals surface area contributed by atoms with Crippen molar-refractivity contribution in [1.29, 1.82) is 0 Å². The van der Waals surface area contributed by atoms with Crippen molar-refractivity contribution in [3.8, 4) is 0 Å². The van der Waals surface area contributed by atoms with Crippen LogP contribution in [0.25, 0.3) is 11.1 Å². The number of rotatable bonds is 2. The standard InChI is InChI=1S/C8H10N3O2/c9-8-11-6-3-5(4-12-10)1-2-7(6)13-8/h1-3H,4H2,10H3,(H2,9,11)/q+1. The summed E-state index contributed by atoms with van der Waals surface area (Å²) in [5.74, 6) is 3.30. The number of quaternary nitrogens is 1. The minimum atomic E-state index is 0.183. The van der Waals surface area contributed by atoms with Crippen molar-refractivity contribution in [3.63, 3.8) is 0 Å². The van der Waals surface area contributed by atoms with Crippen molar-refractivity contribution >= 4 is 17.1 Å². The summed E-state index contributed by atoms with van der Waals surface area (Å²) in [6.07, 6.45) is 0. The first kappa shape index (κ1) is 8.03. The number of anilines is 1. The van der Waals surface area contributed by atoms with Crippen LogP contribution in [-0.4, -0.2) is 4.98 Å². The maximum Gasteiger partial charge on any atom is 0.292 e. The number of hydrogen-bond acceptors (Lipinski definition) is 4. The lowest BCUT2D eigenvalue weighted by molar-refractivity contribution is -0.695. The van der Waals surface area contributed by atoms with Gasteiger partial charge in [0.05, 0.1) is 0 Å². The van der Waals surface area contributed by atoms with Crippen LogP contribution in [0.5, 0.6) is 0 Å². The van der Waals surface area contributed by atoms with E-state index in [4.69, 9.17) is 15.0 Å². The number of aromatic nitrogens is 1. The fourth-order valence-corrected chi connectivity index (χ4v) is 1.20. The Morgan fingerprint density at radius 1 is 1.54 bits per heavy atom. The summed E-state index contributed by atoms with van der Waals surface area (Å²) in [4.78, 5) is 8.74. The van der Waals surface area contributed by atoms with Crippen LogP contribution in [0.15, 0.2) is 22.6 Å². The van der Waals surface area contributed by atoms with E-state index < -0.39 is 0 Å². The summed E-state index contributed by atoms with van der Waals surface area (Å²) in [7, 11) is 0. The summed E-state index contributed by atoms with van der Waals surface area (Å²) >= 11 is 0. The van der Waals surface area contributed by atoms with Gasteiger partial charge in [-0.1, -0.05) is 6.07 Å². The molecule has 0 spiro atoms. The maximum absolute atomic E-state index is 5.39. The maximum atomic E-state index is 5.39. The van der Waals surface area contributed by atoms with E-state index in [0.717, 1.165) is 11.1 Å². The molecule has 0 saturated heterocycles. The van der Waals surface area contributed by atoms with E-state index in [1.54, 1.807) is 0 Å². The largest absolute Gasteiger partial charge is 0.424 e. The normalized spacial score (nSPS) is 10.8. The van der Waals surface area contributed by atoms with Gasteiger partial charge in [0.1, 0.15) is 12.1 Å². The van der Waals surface area contributed by atoms with Gasteiger partial charge in [-0.15, -0.1) is 0 Å². The van der Waals surface area contributed by atoms with Gasteiger partial charge in [0.2, 0.25) is 0 Å². The van der Waals surface area contributed by atoms with Gasteiger partial charge in [-0.3, -0.25) is 0 Å². The number of nitrogen functional groups attached to an aromatic ring is 1. The van der Waals surface area contributed by atoms with Crippen LogP contribution in [0.1, 0.15) is 5.56 Å². The SMILES string of the molecule is Nc1nc2cc(CO[NH3+])ccc2o1. The third-order valence-electron chi connectivity index (χ3n) is 1.74. The van der Waals surface area contributed by atoms with Gasteiger partial charge in [0, 0.05) is 0 Å². The second-order valence-corrected chi connectivity index (χ2v) is 2.70. The van der Waals surface area contributed by atoms with E-state index >= 15 is 0 Å². The molecule has 0 bridgehead atoms. The van der Waals surface area contributed by atoms with Crippen LogP contribution in [-0.2, 0) is 11.4 Å². The minimum Gasteiger partial charge on any atom is -0.424 e. The Morgan fingerprint density at radius 3 is 3.15 bits per heavy atom. The average Bonchev–Trinajstić information content (AvgIpc) is 2.44. The predicted octanol–water partition coefficient (Wildman–Crippen LogP) is 0.0835. The Kier molecular flexibility index (Phi) is 1.88. The Labute approximate surface area is 74.2 Å². The summed E-state index contributed by atoms with van der Waals surface area (Å²) in [6, 6.07) is 5.74. The summed E-state index contributed by atoms with van der Waals surface area (Å²) < 4.78 is 5.11. The zero-order chi connectivity index (χ0) is 9.26. The first-order valence-electron chi connectivity index (χ1n) is 3.81. The summed E-state index contributed by atoms with van der Waals surface area (Å²) in [5.41, 5.74) is 7.82. The molecular formula is C8H10N3O2+. The molecule has 5 nitrogen and oxygen atoms in total. The molecule has 1 heterocycles. The molecule has 0 saturated carbocycles. The fraction of sp³-hybridized carbons (Fsp3) is 0.125. The highest BCUT2D eigenvalue weighted by molar-refractivity contribution is 5.74. The molecular weight excluding hydrogens is 170 g/mol. The van der Waals surface area contributed by atoms with E-state index in [9.17, 15) is 0 Å². The third-order valence-corrected chi connectivity index (χ3v) is 1.74. The van der Waals surface area contributed by atoms with Gasteiger partial charge in [0.15, 0.2) is 5.58 Å². The van der Waals surface area contributed by atoms with Crippen molar-refractivity contribution in [2.75, 3.05) is 5.73 Å². The molecule has 5 N–H and O–H groups in total. The Balaban J connectivity index is 2.48. The number of nitrogens with two attached hydrogens (primary N) is 1. The lowest BCUT2D eigenvalue weighted by Crippen LogP contribution is -2.48. The van der Waals surface area contributed by atoms with Crippen molar-refractivity contribution in [2.24, 2.45) is 0 Å². The molecule has 68 valence electrons. The Bertz CT molecular complexity index is 424. The first-order valence-corrected chi connectivity index (χ1v) is 3.81. The van der Waals surface area contributed by atoms with Crippen LogP contribution < -0.4 is 11.6 Å². The molecule has 0 atom stereocenters. The molecule has 2 aromatic rings. The van der Waals surface area contributed by atoms with Crippen LogP contribution in [0, 0.1) is 0 Å².